The monoisotopic (exact) mass is 348 g/mol. The largest absolute Gasteiger partial charge is 0.468 e. The van der Waals surface area contributed by atoms with Gasteiger partial charge in [-0.15, -0.1) is 0 Å². The summed E-state index contributed by atoms with van der Waals surface area (Å²) in [5.41, 5.74) is 2.07. The van der Waals surface area contributed by atoms with Crippen LogP contribution in [0.15, 0.2) is 47.8 Å². The molecule has 2 atom stereocenters. The molecule has 0 aliphatic carbocycles. The molecule has 1 N–H and O–H groups in total. The van der Waals surface area contributed by atoms with Gasteiger partial charge in [0, 0.05) is 28.9 Å². The van der Waals surface area contributed by atoms with Gasteiger partial charge in [-0.2, -0.15) is 0 Å². The van der Waals surface area contributed by atoms with Crippen LogP contribution in [0.1, 0.15) is 18.4 Å². The zero-order valence-electron chi connectivity index (χ0n) is 14.3. The number of para-hydroxylation sites is 1. The Morgan fingerprint density at radius 1 is 1.36 bits per heavy atom. The standard InChI is InChI=1S/C17H20N2O6/c1-10-13(9-25-24-4)16(15(11(2)18-10)17(20)23-3)12-7-5-6-8-14(12)19(21)22/h5-8,15-16,18H,2,9H2,1,3-4H3. The predicted octanol–water partition coefficient (Wildman–Crippen LogP) is 2.44. The van der Waals surface area contributed by atoms with Crippen molar-refractivity contribution in [3.05, 3.63) is 63.5 Å². The fraction of sp³-hybridized carbons (Fsp3) is 0.353. The van der Waals surface area contributed by atoms with E-state index in [0.29, 0.717) is 22.5 Å². The molecular formula is C17H20N2O6. The van der Waals surface area contributed by atoms with E-state index in [1.54, 1.807) is 25.1 Å². The first-order valence-electron chi connectivity index (χ1n) is 7.54. The minimum absolute atomic E-state index is 0.0345. The van der Waals surface area contributed by atoms with Crippen molar-refractivity contribution in [2.75, 3.05) is 20.8 Å². The van der Waals surface area contributed by atoms with Crippen molar-refractivity contribution >= 4 is 11.7 Å². The van der Waals surface area contributed by atoms with Crippen molar-refractivity contribution in [3.8, 4) is 0 Å². The summed E-state index contributed by atoms with van der Waals surface area (Å²) in [6, 6.07) is 6.29. The molecule has 0 saturated heterocycles. The van der Waals surface area contributed by atoms with Gasteiger partial charge in [-0.3, -0.25) is 14.9 Å². The average molecular weight is 348 g/mol. The number of benzene rings is 1. The Bertz CT molecular complexity index is 728. The van der Waals surface area contributed by atoms with Crippen LogP contribution in [0.4, 0.5) is 5.69 Å². The first-order chi connectivity index (χ1) is 11.9. The highest BCUT2D eigenvalue weighted by atomic mass is 17.2. The number of rotatable bonds is 6. The third kappa shape index (κ3) is 3.70. The Kier molecular flexibility index (Phi) is 5.89. The molecule has 0 spiro atoms. The summed E-state index contributed by atoms with van der Waals surface area (Å²) in [6.45, 7) is 5.71. The molecule has 1 heterocycles. The van der Waals surface area contributed by atoms with Gasteiger partial charge in [0.05, 0.1) is 19.1 Å². The lowest BCUT2D eigenvalue weighted by Gasteiger charge is -2.35. The minimum atomic E-state index is -0.828. The van der Waals surface area contributed by atoms with Crippen molar-refractivity contribution in [1.82, 2.24) is 5.32 Å². The van der Waals surface area contributed by atoms with Crippen LogP contribution in [0.5, 0.6) is 0 Å². The second-order valence-electron chi connectivity index (χ2n) is 5.52. The first kappa shape index (κ1) is 18.6. The second kappa shape index (κ2) is 7.91. The maximum atomic E-state index is 12.4. The summed E-state index contributed by atoms with van der Waals surface area (Å²) >= 11 is 0. The number of carbonyl (C=O) groups excluding carboxylic acids is 1. The third-order valence-corrected chi connectivity index (χ3v) is 4.17. The maximum absolute atomic E-state index is 12.4. The van der Waals surface area contributed by atoms with Crippen LogP contribution in [0.2, 0.25) is 0 Å². The van der Waals surface area contributed by atoms with Crippen LogP contribution >= 0.6 is 0 Å². The molecule has 0 fully saturated rings. The molecule has 8 heteroatoms. The number of nitro benzene ring substituents is 1. The highest BCUT2D eigenvalue weighted by Crippen LogP contribution is 2.43. The van der Waals surface area contributed by atoms with Gasteiger partial charge >= 0.3 is 5.97 Å². The molecule has 0 radical (unpaired) electrons. The van der Waals surface area contributed by atoms with E-state index in [0.717, 1.165) is 0 Å². The highest BCUT2D eigenvalue weighted by molar-refractivity contribution is 5.79. The number of hydrogen-bond donors (Lipinski definition) is 1. The SMILES string of the molecule is C=C1NC(C)=C(COOC)C(c2ccccc2[N+](=O)[O-])C1C(=O)OC. The summed E-state index contributed by atoms with van der Waals surface area (Å²) in [7, 11) is 2.63. The molecule has 1 aliphatic rings. The summed E-state index contributed by atoms with van der Waals surface area (Å²) in [6.07, 6.45) is 0. The average Bonchev–Trinajstić information content (AvgIpc) is 2.59. The maximum Gasteiger partial charge on any atom is 0.315 e. The Labute approximate surface area is 145 Å². The molecule has 1 aromatic rings. The van der Waals surface area contributed by atoms with Crippen LogP contribution in [0, 0.1) is 16.0 Å². The van der Waals surface area contributed by atoms with E-state index in [2.05, 4.69) is 16.8 Å². The molecule has 0 saturated carbocycles. The van der Waals surface area contributed by atoms with Crippen molar-refractivity contribution in [3.63, 3.8) is 0 Å². The summed E-state index contributed by atoms with van der Waals surface area (Å²) in [5, 5.41) is 14.5. The van der Waals surface area contributed by atoms with E-state index in [9.17, 15) is 14.9 Å². The van der Waals surface area contributed by atoms with Crippen LogP contribution in [0.25, 0.3) is 0 Å². The Balaban J connectivity index is 2.66. The molecule has 0 amide bonds. The van der Waals surface area contributed by atoms with Crippen molar-refractivity contribution in [2.45, 2.75) is 12.8 Å². The van der Waals surface area contributed by atoms with Gasteiger partial charge in [-0.25, -0.2) is 9.78 Å². The van der Waals surface area contributed by atoms with Gasteiger partial charge in [0.15, 0.2) is 0 Å². The van der Waals surface area contributed by atoms with E-state index >= 15 is 0 Å². The number of hydrogen-bond acceptors (Lipinski definition) is 7. The lowest BCUT2D eigenvalue weighted by atomic mass is 9.75. The lowest BCUT2D eigenvalue weighted by molar-refractivity contribution is -0.385. The highest BCUT2D eigenvalue weighted by Gasteiger charge is 2.42. The van der Waals surface area contributed by atoms with E-state index in [1.807, 2.05) is 0 Å². The summed E-state index contributed by atoms with van der Waals surface area (Å²) in [4.78, 5) is 33.1. The van der Waals surface area contributed by atoms with Gasteiger partial charge < -0.3 is 10.1 Å². The van der Waals surface area contributed by atoms with Crippen LogP contribution in [0.3, 0.4) is 0 Å². The number of ether oxygens (including phenoxy) is 1. The van der Waals surface area contributed by atoms with E-state index in [-0.39, 0.29) is 12.3 Å². The third-order valence-electron chi connectivity index (χ3n) is 4.17. The van der Waals surface area contributed by atoms with Crippen molar-refractivity contribution in [2.24, 2.45) is 5.92 Å². The number of carbonyl (C=O) groups is 1. The lowest BCUT2D eigenvalue weighted by Crippen LogP contribution is -2.38. The van der Waals surface area contributed by atoms with Gasteiger partial charge in [-0.05, 0) is 12.5 Å². The number of esters is 1. The molecular weight excluding hydrogens is 328 g/mol. The fourth-order valence-corrected chi connectivity index (χ4v) is 3.04. The zero-order valence-corrected chi connectivity index (χ0v) is 14.3. The van der Waals surface area contributed by atoms with E-state index < -0.39 is 22.7 Å². The Morgan fingerprint density at radius 3 is 2.64 bits per heavy atom. The van der Waals surface area contributed by atoms with Crippen LogP contribution in [-0.2, 0) is 19.3 Å². The van der Waals surface area contributed by atoms with Gasteiger partial charge in [-0.1, -0.05) is 24.8 Å². The molecule has 25 heavy (non-hydrogen) atoms. The number of allylic oxidation sites excluding steroid dienone is 1. The predicted molar refractivity (Wildman–Crippen MR) is 89.3 cm³/mol. The molecule has 1 aliphatic heterocycles. The van der Waals surface area contributed by atoms with Crippen LogP contribution in [-0.4, -0.2) is 31.7 Å². The number of nitrogens with one attached hydrogen (secondary N) is 1. The van der Waals surface area contributed by atoms with Gasteiger partial charge in [0.25, 0.3) is 5.69 Å². The number of nitro groups is 1. The summed E-state index contributed by atoms with van der Waals surface area (Å²) in [5.74, 6) is -2.02. The fourth-order valence-electron chi connectivity index (χ4n) is 3.04. The first-order valence-corrected chi connectivity index (χ1v) is 7.54. The molecule has 1 aromatic carbocycles. The molecule has 134 valence electrons. The van der Waals surface area contributed by atoms with Crippen molar-refractivity contribution in [1.29, 1.82) is 0 Å². The van der Waals surface area contributed by atoms with Gasteiger partial charge in [0.1, 0.15) is 12.5 Å². The van der Waals surface area contributed by atoms with E-state index in [4.69, 9.17) is 9.62 Å². The Morgan fingerprint density at radius 2 is 2.04 bits per heavy atom. The van der Waals surface area contributed by atoms with Gasteiger partial charge in [0.2, 0.25) is 0 Å². The molecule has 2 rings (SSSR count). The quantitative estimate of drug-likeness (QED) is 0.365. The Hall–Kier alpha value is -2.71. The molecule has 2 unspecified atom stereocenters. The number of nitrogens with zero attached hydrogens (tertiary/aromatic N) is 1. The smallest absolute Gasteiger partial charge is 0.315 e. The topological polar surface area (TPSA) is 99.9 Å². The van der Waals surface area contributed by atoms with E-state index in [1.165, 1.54) is 20.3 Å². The summed E-state index contributed by atoms with van der Waals surface area (Å²) < 4.78 is 4.90. The minimum Gasteiger partial charge on any atom is -0.468 e. The van der Waals surface area contributed by atoms with Crippen molar-refractivity contribution < 1.29 is 24.2 Å². The van der Waals surface area contributed by atoms with Crippen LogP contribution < -0.4 is 5.32 Å². The molecule has 8 nitrogen and oxygen atoms in total. The molecule has 0 aromatic heterocycles. The zero-order chi connectivity index (χ0) is 18.6. The second-order valence-corrected chi connectivity index (χ2v) is 5.52. The molecule has 0 bridgehead atoms. The number of methoxy groups -OCH3 is 1. The normalized spacial score (nSPS) is 20.2.